The van der Waals surface area contributed by atoms with Gasteiger partial charge in [-0.25, -0.2) is 8.42 Å². The largest absolute Gasteiger partial charge is 0.508 e. The summed E-state index contributed by atoms with van der Waals surface area (Å²) in [6, 6.07) is 11.2. The van der Waals surface area contributed by atoms with E-state index in [0.29, 0.717) is 23.6 Å². The number of ether oxygens (including phenoxy) is 1. The third kappa shape index (κ3) is 4.39. The Kier molecular flexibility index (Phi) is 5.50. The Labute approximate surface area is 137 Å². The molecule has 0 heterocycles. The quantitative estimate of drug-likeness (QED) is 0.757. The molecule has 0 unspecified atom stereocenters. The summed E-state index contributed by atoms with van der Waals surface area (Å²) >= 11 is 0. The number of benzene rings is 2. The van der Waals surface area contributed by atoms with Crippen LogP contribution in [0.4, 0.5) is 5.69 Å². The van der Waals surface area contributed by atoms with Gasteiger partial charge >= 0.3 is 0 Å². The van der Waals surface area contributed by atoms with E-state index >= 15 is 0 Å². The van der Waals surface area contributed by atoms with Crippen molar-refractivity contribution in [3.05, 3.63) is 48.0 Å². The van der Waals surface area contributed by atoms with Crippen molar-refractivity contribution in [2.24, 2.45) is 0 Å². The maximum atomic E-state index is 12.6. The fourth-order valence-electron chi connectivity index (χ4n) is 2.08. The second kappa shape index (κ2) is 7.37. The van der Waals surface area contributed by atoms with Crippen LogP contribution in [0, 0.1) is 6.92 Å². The normalized spacial score (nSPS) is 11.2. The zero-order chi connectivity index (χ0) is 16.9. The first-order valence-electron chi connectivity index (χ1n) is 7.48. The van der Waals surface area contributed by atoms with Gasteiger partial charge in [-0.2, -0.15) is 0 Å². The summed E-state index contributed by atoms with van der Waals surface area (Å²) < 4.78 is 33.3. The molecule has 23 heavy (non-hydrogen) atoms. The van der Waals surface area contributed by atoms with E-state index in [1.807, 2.05) is 0 Å². The van der Waals surface area contributed by atoms with Gasteiger partial charge in [0.25, 0.3) is 10.0 Å². The lowest BCUT2D eigenvalue weighted by Gasteiger charge is -2.14. The molecule has 0 spiro atoms. The molecular formula is C17H21NO4S. The molecular weight excluding hydrogens is 314 g/mol. The highest BCUT2D eigenvalue weighted by Crippen LogP contribution is 2.28. The summed E-state index contributed by atoms with van der Waals surface area (Å²) in [7, 11) is -3.81. The summed E-state index contributed by atoms with van der Waals surface area (Å²) in [6.07, 6.45) is 1.89. The minimum atomic E-state index is -3.81. The fraction of sp³-hybridized carbons (Fsp3) is 0.294. The predicted molar refractivity (Wildman–Crippen MR) is 90.5 cm³/mol. The van der Waals surface area contributed by atoms with Crippen molar-refractivity contribution in [2.75, 3.05) is 11.3 Å². The summed E-state index contributed by atoms with van der Waals surface area (Å²) in [6.45, 7) is 4.26. The van der Waals surface area contributed by atoms with E-state index in [1.165, 1.54) is 12.1 Å². The third-order valence-corrected chi connectivity index (χ3v) is 4.86. The van der Waals surface area contributed by atoms with Crippen LogP contribution < -0.4 is 9.46 Å². The molecule has 0 fully saturated rings. The Hall–Kier alpha value is -2.21. The first kappa shape index (κ1) is 17.1. The molecule has 0 aliphatic heterocycles. The molecule has 124 valence electrons. The minimum absolute atomic E-state index is 0.0425. The average Bonchev–Trinajstić information content (AvgIpc) is 2.51. The minimum Gasteiger partial charge on any atom is -0.508 e. The van der Waals surface area contributed by atoms with Crippen LogP contribution >= 0.6 is 0 Å². The highest BCUT2D eigenvalue weighted by molar-refractivity contribution is 7.92. The third-order valence-electron chi connectivity index (χ3n) is 3.35. The van der Waals surface area contributed by atoms with Crippen molar-refractivity contribution in [3.8, 4) is 11.5 Å². The number of sulfonamides is 1. The predicted octanol–water partition coefficient (Wildman–Crippen LogP) is 3.68. The monoisotopic (exact) mass is 335 g/mol. The molecule has 0 bridgehead atoms. The van der Waals surface area contributed by atoms with Crippen molar-refractivity contribution in [2.45, 2.75) is 31.6 Å². The molecule has 6 heteroatoms. The van der Waals surface area contributed by atoms with E-state index < -0.39 is 10.0 Å². The maximum absolute atomic E-state index is 12.6. The highest BCUT2D eigenvalue weighted by Gasteiger charge is 2.19. The second-order valence-corrected chi connectivity index (χ2v) is 6.90. The standard InChI is InChI=1S/C17H21NO4S/c1-3-4-11-22-16-8-6-5-7-15(16)18-23(20,21)17-12-14(19)10-9-13(17)2/h5-10,12,18-19H,3-4,11H2,1-2H3. The number of hydrogen-bond acceptors (Lipinski definition) is 4. The lowest BCUT2D eigenvalue weighted by atomic mass is 10.2. The molecule has 0 saturated carbocycles. The summed E-state index contributed by atoms with van der Waals surface area (Å²) in [4.78, 5) is 0.0425. The van der Waals surface area contributed by atoms with E-state index in [4.69, 9.17) is 4.74 Å². The van der Waals surface area contributed by atoms with Crippen LogP contribution in [-0.4, -0.2) is 20.1 Å². The number of anilines is 1. The topological polar surface area (TPSA) is 75.6 Å². The molecule has 0 saturated heterocycles. The number of unbranched alkanes of at least 4 members (excludes halogenated alkanes) is 1. The van der Waals surface area contributed by atoms with Crippen LogP contribution in [-0.2, 0) is 10.0 Å². The van der Waals surface area contributed by atoms with Gasteiger partial charge in [0.15, 0.2) is 0 Å². The highest BCUT2D eigenvalue weighted by atomic mass is 32.2. The number of para-hydroxylation sites is 2. The first-order chi connectivity index (χ1) is 10.9. The molecule has 2 aromatic carbocycles. The lowest BCUT2D eigenvalue weighted by Crippen LogP contribution is -2.15. The molecule has 0 radical (unpaired) electrons. The van der Waals surface area contributed by atoms with Crippen molar-refractivity contribution in [3.63, 3.8) is 0 Å². The zero-order valence-corrected chi connectivity index (χ0v) is 14.1. The molecule has 0 aliphatic rings. The Balaban J connectivity index is 2.29. The molecule has 0 aliphatic carbocycles. The van der Waals surface area contributed by atoms with Crippen LogP contribution in [0.5, 0.6) is 11.5 Å². The van der Waals surface area contributed by atoms with Crippen LogP contribution in [0.15, 0.2) is 47.4 Å². The van der Waals surface area contributed by atoms with E-state index in [0.717, 1.165) is 12.8 Å². The summed E-state index contributed by atoms with van der Waals surface area (Å²) in [5.41, 5.74) is 0.936. The molecule has 5 nitrogen and oxygen atoms in total. The molecule has 0 atom stereocenters. The molecule has 0 aromatic heterocycles. The van der Waals surface area contributed by atoms with E-state index in [-0.39, 0.29) is 10.6 Å². The van der Waals surface area contributed by atoms with Crippen molar-refractivity contribution >= 4 is 15.7 Å². The average molecular weight is 335 g/mol. The van der Waals surface area contributed by atoms with Gasteiger partial charge < -0.3 is 9.84 Å². The smallest absolute Gasteiger partial charge is 0.262 e. The first-order valence-corrected chi connectivity index (χ1v) is 8.96. The molecule has 0 amide bonds. The SMILES string of the molecule is CCCCOc1ccccc1NS(=O)(=O)c1cc(O)ccc1C. The van der Waals surface area contributed by atoms with Gasteiger partial charge in [0.05, 0.1) is 17.2 Å². The fourth-order valence-corrected chi connectivity index (χ4v) is 3.42. The molecule has 2 rings (SSSR count). The van der Waals surface area contributed by atoms with Crippen LogP contribution in [0.3, 0.4) is 0 Å². The molecule has 2 N–H and O–H groups in total. The number of phenolic OH excluding ortho intramolecular Hbond substituents is 1. The van der Waals surface area contributed by atoms with Gasteiger partial charge in [-0.15, -0.1) is 0 Å². The molecule has 2 aromatic rings. The summed E-state index contributed by atoms with van der Waals surface area (Å²) in [5.74, 6) is 0.394. The van der Waals surface area contributed by atoms with Gasteiger partial charge in [-0.3, -0.25) is 4.72 Å². The maximum Gasteiger partial charge on any atom is 0.262 e. The van der Waals surface area contributed by atoms with Gasteiger partial charge in [-0.1, -0.05) is 31.5 Å². The Morgan fingerprint density at radius 3 is 2.65 bits per heavy atom. The van der Waals surface area contributed by atoms with Crippen LogP contribution in [0.2, 0.25) is 0 Å². The van der Waals surface area contributed by atoms with E-state index in [2.05, 4.69) is 11.6 Å². The van der Waals surface area contributed by atoms with Crippen LogP contribution in [0.25, 0.3) is 0 Å². The van der Waals surface area contributed by atoms with Crippen LogP contribution in [0.1, 0.15) is 25.3 Å². The Morgan fingerprint density at radius 1 is 1.17 bits per heavy atom. The number of aryl methyl sites for hydroxylation is 1. The second-order valence-electron chi connectivity index (χ2n) is 5.25. The Morgan fingerprint density at radius 2 is 1.91 bits per heavy atom. The van der Waals surface area contributed by atoms with Crippen molar-refractivity contribution in [1.82, 2.24) is 0 Å². The number of nitrogens with one attached hydrogen (secondary N) is 1. The number of hydrogen-bond donors (Lipinski definition) is 2. The number of aromatic hydroxyl groups is 1. The summed E-state index contributed by atoms with van der Waals surface area (Å²) in [5, 5.41) is 9.55. The van der Waals surface area contributed by atoms with Gasteiger partial charge in [0.2, 0.25) is 0 Å². The lowest BCUT2D eigenvalue weighted by molar-refractivity contribution is 0.311. The van der Waals surface area contributed by atoms with Gasteiger partial charge in [0, 0.05) is 6.07 Å². The Bertz CT molecular complexity index is 772. The van der Waals surface area contributed by atoms with Gasteiger partial charge in [-0.05, 0) is 37.1 Å². The van der Waals surface area contributed by atoms with E-state index in [1.54, 1.807) is 37.3 Å². The zero-order valence-electron chi connectivity index (χ0n) is 13.2. The van der Waals surface area contributed by atoms with E-state index in [9.17, 15) is 13.5 Å². The van der Waals surface area contributed by atoms with Gasteiger partial charge in [0.1, 0.15) is 11.5 Å². The van der Waals surface area contributed by atoms with Crippen molar-refractivity contribution in [1.29, 1.82) is 0 Å². The number of rotatable bonds is 7. The number of phenols is 1. The van der Waals surface area contributed by atoms with Crippen molar-refractivity contribution < 1.29 is 18.3 Å².